The maximum atomic E-state index is 6.19. The number of fused-ring (bicyclic) bond motifs is 1. The lowest BCUT2D eigenvalue weighted by atomic mass is 9.95. The van der Waals surface area contributed by atoms with E-state index in [-0.39, 0.29) is 0 Å². The Labute approximate surface area is 83.1 Å². The average Bonchev–Trinajstić information content (AvgIpc) is 2.70. The molecule has 0 unspecified atom stereocenters. The standard InChI is InChI=1S/C11H12ClN/c12-10-4-2-1-3-9(10)11-5-8(11)6-13-7-11/h1-4,8,13H,5-7H2/t8-,11-/m1/s1. The summed E-state index contributed by atoms with van der Waals surface area (Å²) < 4.78 is 0. The van der Waals surface area contributed by atoms with E-state index >= 15 is 0 Å². The Balaban J connectivity index is 2.06. The molecule has 1 aliphatic heterocycles. The molecular weight excluding hydrogens is 182 g/mol. The van der Waals surface area contributed by atoms with Crippen molar-refractivity contribution >= 4 is 11.6 Å². The largest absolute Gasteiger partial charge is 0.316 e. The van der Waals surface area contributed by atoms with Gasteiger partial charge in [0.25, 0.3) is 0 Å². The fourth-order valence-corrected chi connectivity index (χ4v) is 2.95. The molecule has 2 heteroatoms. The summed E-state index contributed by atoms with van der Waals surface area (Å²) in [6, 6.07) is 8.26. The van der Waals surface area contributed by atoms with Gasteiger partial charge in [-0.15, -0.1) is 0 Å². The van der Waals surface area contributed by atoms with E-state index < -0.39 is 0 Å². The lowest BCUT2D eigenvalue weighted by molar-refractivity contribution is 0.676. The molecule has 2 fully saturated rings. The van der Waals surface area contributed by atoms with Crippen molar-refractivity contribution in [2.24, 2.45) is 5.92 Å². The van der Waals surface area contributed by atoms with E-state index in [9.17, 15) is 0 Å². The number of halogens is 1. The van der Waals surface area contributed by atoms with Crippen molar-refractivity contribution in [2.75, 3.05) is 13.1 Å². The number of hydrogen-bond donors (Lipinski definition) is 1. The Morgan fingerprint density at radius 1 is 1.38 bits per heavy atom. The molecule has 13 heavy (non-hydrogen) atoms. The van der Waals surface area contributed by atoms with Crippen LogP contribution < -0.4 is 5.32 Å². The average molecular weight is 194 g/mol. The lowest BCUT2D eigenvalue weighted by Crippen LogP contribution is -2.19. The highest BCUT2D eigenvalue weighted by molar-refractivity contribution is 6.31. The molecule has 2 aliphatic rings. The zero-order valence-corrected chi connectivity index (χ0v) is 8.14. The summed E-state index contributed by atoms with van der Waals surface area (Å²) in [4.78, 5) is 0. The van der Waals surface area contributed by atoms with Crippen LogP contribution in [0.1, 0.15) is 12.0 Å². The molecule has 0 aromatic heterocycles. The van der Waals surface area contributed by atoms with E-state index in [1.807, 2.05) is 12.1 Å². The van der Waals surface area contributed by atoms with Crippen LogP contribution >= 0.6 is 11.6 Å². The smallest absolute Gasteiger partial charge is 0.0444 e. The van der Waals surface area contributed by atoms with Crippen LogP contribution in [-0.2, 0) is 5.41 Å². The van der Waals surface area contributed by atoms with Gasteiger partial charge in [0.05, 0.1) is 0 Å². The van der Waals surface area contributed by atoms with Crippen LogP contribution in [0.3, 0.4) is 0 Å². The lowest BCUT2D eigenvalue weighted by Gasteiger charge is -2.13. The number of nitrogens with one attached hydrogen (secondary N) is 1. The number of piperidine rings is 1. The van der Waals surface area contributed by atoms with Crippen LogP contribution in [0.2, 0.25) is 5.02 Å². The van der Waals surface area contributed by atoms with Crippen molar-refractivity contribution in [1.29, 1.82) is 0 Å². The van der Waals surface area contributed by atoms with Crippen molar-refractivity contribution in [3.8, 4) is 0 Å². The highest BCUT2D eigenvalue weighted by atomic mass is 35.5. The first-order valence-corrected chi connectivity index (χ1v) is 5.16. The third-order valence-electron chi connectivity index (χ3n) is 3.47. The number of rotatable bonds is 1. The first kappa shape index (κ1) is 7.84. The summed E-state index contributed by atoms with van der Waals surface area (Å²) in [5.74, 6) is 0.840. The Bertz CT molecular complexity index is 350. The van der Waals surface area contributed by atoms with Crippen molar-refractivity contribution in [1.82, 2.24) is 5.32 Å². The molecule has 1 aromatic carbocycles. The molecule has 0 amide bonds. The van der Waals surface area contributed by atoms with E-state index in [4.69, 9.17) is 11.6 Å². The minimum Gasteiger partial charge on any atom is -0.316 e. The molecule has 0 bridgehead atoms. The van der Waals surface area contributed by atoms with Crippen LogP contribution in [0.25, 0.3) is 0 Å². The SMILES string of the molecule is Clc1ccccc1[C@]12CNC[C@H]1C2. The zero-order valence-electron chi connectivity index (χ0n) is 7.39. The van der Waals surface area contributed by atoms with Gasteiger partial charge in [0.15, 0.2) is 0 Å². The molecule has 68 valence electrons. The summed E-state index contributed by atoms with van der Waals surface area (Å²) in [5, 5.41) is 4.37. The first-order valence-electron chi connectivity index (χ1n) is 4.79. The van der Waals surface area contributed by atoms with Crippen molar-refractivity contribution in [3.05, 3.63) is 34.9 Å². The van der Waals surface area contributed by atoms with Crippen molar-refractivity contribution in [3.63, 3.8) is 0 Å². The van der Waals surface area contributed by atoms with Gasteiger partial charge in [0.2, 0.25) is 0 Å². The summed E-state index contributed by atoms with van der Waals surface area (Å²) in [6.45, 7) is 2.28. The molecule has 1 aliphatic carbocycles. The monoisotopic (exact) mass is 193 g/mol. The molecule has 1 saturated carbocycles. The van der Waals surface area contributed by atoms with Gasteiger partial charge in [-0.3, -0.25) is 0 Å². The fourth-order valence-electron chi connectivity index (χ4n) is 2.62. The predicted molar refractivity (Wildman–Crippen MR) is 54.1 cm³/mol. The van der Waals surface area contributed by atoms with Gasteiger partial charge in [0.1, 0.15) is 0 Å². The molecule has 0 spiro atoms. The maximum Gasteiger partial charge on any atom is 0.0444 e. The second-order valence-corrected chi connectivity index (χ2v) is 4.58. The maximum absolute atomic E-state index is 6.19. The van der Waals surface area contributed by atoms with E-state index in [0.717, 1.165) is 17.5 Å². The Hall–Kier alpha value is -0.530. The minimum absolute atomic E-state index is 0.401. The van der Waals surface area contributed by atoms with Gasteiger partial charge in [-0.2, -0.15) is 0 Å². The van der Waals surface area contributed by atoms with Gasteiger partial charge < -0.3 is 5.32 Å². The van der Waals surface area contributed by atoms with E-state index in [1.54, 1.807) is 0 Å². The Morgan fingerprint density at radius 3 is 2.85 bits per heavy atom. The van der Waals surface area contributed by atoms with Crippen LogP contribution in [0.4, 0.5) is 0 Å². The third kappa shape index (κ3) is 0.976. The highest BCUT2D eigenvalue weighted by Gasteiger charge is 2.58. The zero-order chi connectivity index (χ0) is 8.89. The van der Waals surface area contributed by atoms with E-state index in [0.29, 0.717) is 5.41 Å². The predicted octanol–water partition coefficient (Wildman–Crippen LogP) is 2.20. The van der Waals surface area contributed by atoms with Gasteiger partial charge in [-0.1, -0.05) is 29.8 Å². The normalized spacial score (nSPS) is 35.9. The van der Waals surface area contributed by atoms with Gasteiger partial charge in [-0.25, -0.2) is 0 Å². The number of benzene rings is 1. The summed E-state index contributed by atoms with van der Waals surface area (Å²) in [6.07, 6.45) is 1.32. The van der Waals surface area contributed by atoms with Gasteiger partial charge in [0, 0.05) is 17.0 Å². The quantitative estimate of drug-likeness (QED) is 0.721. The number of hydrogen-bond acceptors (Lipinski definition) is 1. The van der Waals surface area contributed by atoms with Crippen LogP contribution in [-0.4, -0.2) is 13.1 Å². The minimum atomic E-state index is 0.401. The topological polar surface area (TPSA) is 12.0 Å². The third-order valence-corrected chi connectivity index (χ3v) is 3.80. The molecule has 1 saturated heterocycles. The van der Waals surface area contributed by atoms with Crippen LogP contribution in [0.15, 0.2) is 24.3 Å². The molecular formula is C11H12ClN. The summed E-state index contributed by atoms with van der Waals surface area (Å²) >= 11 is 6.19. The van der Waals surface area contributed by atoms with E-state index in [2.05, 4.69) is 17.4 Å². The van der Waals surface area contributed by atoms with Crippen LogP contribution in [0, 0.1) is 5.92 Å². The second-order valence-electron chi connectivity index (χ2n) is 4.17. The van der Waals surface area contributed by atoms with Gasteiger partial charge in [-0.05, 0) is 30.5 Å². The Kier molecular flexibility index (Phi) is 1.50. The van der Waals surface area contributed by atoms with Crippen molar-refractivity contribution < 1.29 is 0 Å². The Morgan fingerprint density at radius 2 is 2.23 bits per heavy atom. The van der Waals surface area contributed by atoms with E-state index in [1.165, 1.54) is 18.5 Å². The van der Waals surface area contributed by atoms with Crippen LogP contribution in [0.5, 0.6) is 0 Å². The molecule has 1 N–H and O–H groups in total. The molecule has 0 radical (unpaired) electrons. The van der Waals surface area contributed by atoms with Crippen molar-refractivity contribution in [2.45, 2.75) is 11.8 Å². The van der Waals surface area contributed by atoms with Gasteiger partial charge >= 0.3 is 0 Å². The molecule has 1 heterocycles. The molecule has 3 rings (SSSR count). The molecule has 2 atom stereocenters. The molecule has 1 aromatic rings. The second kappa shape index (κ2) is 2.49. The fraction of sp³-hybridized carbons (Fsp3) is 0.455. The molecule has 1 nitrogen and oxygen atoms in total. The first-order chi connectivity index (χ1) is 6.33. The summed E-state index contributed by atoms with van der Waals surface area (Å²) in [5.41, 5.74) is 1.75. The highest BCUT2D eigenvalue weighted by Crippen LogP contribution is 2.57. The summed E-state index contributed by atoms with van der Waals surface area (Å²) in [7, 11) is 0.